The van der Waals surface area contributed by atoms with Gasteiger partial charge in [-0.25, -0.2) is 0 Å². The predicted octanol–water partition coefficient (Wildman–Crippen LogP) is 15.9. The van der Waals surface area contributed by atoms with Gasteiger partial charge in [0.05, 0.1) is 11.1 Å². The average molecular weight is 772 g/mol. The molecule has 0 N–H and O–H groups in total. The van der Waals surface area contributed by atoms with Crippen molar-refractivity contribution in [3.05, 3.63) is 222 Å². The molecule has 2 aliphatic carbocycles. The third kappa shape index (κ3) is 4.35. The predicted molar refractivity (Wildman–Crippen MR) is 249 cm³/mol. The average Bonchev–Trinajstić information content (AvgIpc) is 4.01. The largest absolute Gasteiger partial charge is 0.310 e. The standard InChI is InChI=1S/C55H33NS2/c1-2-14-35(15-3-1)56(36-27-28-42-40-19-7-12-24-51(40)58-54(42)31-36)50-33-49-44(32-43(50)34-26-29-53-45(30-34)41-20-8-13-25-52(41)57-53)39-18-6-11-23-48(39)55(49)46-21-9-4-16-37(46)38-17-5-10-22-47(38)55/h1-33H. The smallest absolute Gasteiger partial charge is 0.0726 e. The second kappa shape index (κ2) is 12.1. The van der Waals surface area contributed by atoms with Crippen molar-refractivity contribution in [3.63, 3.8) is 0 Å². The Labute approximate surface area is 344 Å². The summed E-state index contributed by atoms with van der Waals surface area (Å²) >= 11 is 3.75. The van der Waals surface area contributed by atoms with Crippen molar-refractivity contribution in [3.8, 4) is 33.4 Å². The van der Waals surface area contributed by atoms with Gasteiger partial charge in [0.15, 0.2) is 0 Å². The summed E-state index contributed by atoms with van der Waals surface area (Å²) < 4.78 is 5.23. The Morgan fingerprint density at radius 2 is 0.845 bits per heavy atom. The maximum atomic E-state index is 2.56. The number of hydrogen-bond donors (Lipinski definition) is 0. The molecule has 0 saturated carbocycles. The molecule has 0 unspecified atom stereocenters. The zero-order valence-electron chi connectivity index (χ0n) is 31.3. The fourth-order valence-corrected chi connectivity index (χ4v) is 12.5. The molecule has 2 aromatic heterocycles. The van der Waals surface area contributed by atoms with Crippen LogP contribution >= 0.6 is 22.7 Å². The Hall–Kier alpha value is -6.78. The van der Waals surface area contributed by atoms with Gasteiger partial charge in [-0.05, 0) is 111 Å². The van der Waals surface area contributed by atoms with Crippen molar-refractivity contribution >= 4 is 80.1 Å². The van der Waals surface area contributed by atoms with Crippen LogP contribution in [-0.2, 0) is 5.41 Å². The van der Waals surface area contributed by atoms with Gasteiger partial charge in [-0.1, -0.05) is 140 Å². The van der Waals surface area contributed by atoms with E-state index >= 15 is 0 Å². The monoisotopic (exact) mass is 771 g/mol. The van der Waals surface area contributed by atoms with Crippen LogP contribution < -0.4 is 4.90 Å². The highest BCUT2D eigenvalue weighted by Crippen LogP contribution is 2.64. The van der Waals surface area contributed by atoms with Gasteiger partial charge in [-0.15, -0.1) is 22.7 Å². The first-order chi connectivity index (χ1) is 28.8. The van der Waals surface area contributed by atoms with Crippen LogP contribution in [0.2, 0.25) is 0 Å². The van der Waals surface area contributed by atoms with E-state index in [0.29, 0.717) is 0 Å². The number of benzene rings is 9. The summed E-state index contributed by atoms with van der Waals surface area (Å²) in [6, 6.07) is 75.2. The second-order valence-corrected chi connectivity index (χ2v) is 17.7. The molecule has 58 heavy (non-hydrogen) atoms. The van der Waals surface area contributed by atoms with Crippen molar-refractivity contribution in [2.75, 3.05) is 4.90 Å². The summed E-state index contributed by atoms with van der Waals surface area (Å²) in [6.07, 6.45) is 0. The molecule has 0 saturated heterocycles. The molecule has 3 heteroatoms. The van der Waals surface area contributed by atoms with Crippen LogP contribution in [0.5, 0.6) is 0 Å². The quantitative estimate of drug-likeness (QED) is 0.172. The molecule has 11 aromatic rings. The van der Waals surface area contributed by atoms with Crippen molar-refractivity contribution in [1.29, 1.82) is 0 Å². The fourth-order valence-electron chi connectivity index (χ4n) is 10.3. The minimum atomic E-state index is -0.461. The lowest BCUT2D eigenvalue weighted by molar-refractivity contribution is 0.794. The molecule has 270 valence electrons. The van der Waals surface area contributed by atoms with Gasteiger partial charge in [0.25, 0.3) is 0 Å². The molecule has 0 bridgehead atoms. The topological polar surface area (TPSA) is 3.24 Å². The highest BCUT2D eigenvalue weighted by atomic mass is 32.1. The van der Waals surface area contributed by atoms with E-state index in [4.69, 9.17) is 0 Å². The lowest BCUT2D eigenvalue weighted by atomic mass is 9.70. The molecule has 0 radical (unpaired) electrons. The SMILES string of the molecule is c1ccc(N(c2ccc3c(c2)sc2ccccc23)c2cc3c(cc2-c2ccc4sc5ccccc5c4c2)-c2ccccc2C32c3ccccc3-c3ccccc32)cc1. The molecule has 1 spiro atoms. The van der Waals surface area contributed by atoms with Crippen LogP contribution in [0.15, 0.2) is 200 Å². The summed E-state index contributed by atoms with van der Waals surface area (Å²) in [6.45, 7) is 0. The van der Waals surface area contributed by atoms with Gasteiger partial charge in [-0.3, -0.25) is 0 Å². The van der Waals surface area contributed by atoms with E-state index in [1.165, 1.54) is 102 Å². The Balaban J connectivity index is 1.16. The van der Waals surface area contributed by atoms with Crippen LogP contribution in [0, 0.1) is 0 Å². The van der Waals surface area contributed by atoms with Crippen molar-refractivity contribution in [1.82, 2.24) is 0 Å². The summed E-state index contributed by atoms with van der Waals surface area (Å²) in [7, 11) is 0. The van der Waals surface area contributed by atoms with Crippen LogP contribution in [0.4, 0.5) is 17.1 Å². The van der Waals surface area contributed by atoms with Gasteiger partial charge in [-0.2, -0.15) is 0 Å². The molecule has 9 aromatic carbocycles. The maximum absolute atomic E-state index is 2.56. The van der Waals surface area contributed by atoms with Crippen molar-refractivity contribution in [2.45, 2.75) is 5.41 Å². The number of para-hydroxylation sites is 1. The Bertz CT molecular complexity index is 3430. The first-order valence-corrected chi connectivity index (χ1v) is 21.5. The van der Waals surface area contributed by atoms with E-state index in [1.54, 1.807) is 0 Å². The molecule has 1 nitrogen and oxygen atoms in total. The number of rotatable bonds is 4. The van der Waals surface area contributed by atoms with Crippen LogP contribution in [0.1, 0.15) is 22.3 Å². The number of anilines is 3. The fraction of sp³-hybridized carbons (Fsp3) is 0.0182. The molecule has 13 rings (SSSR count). The van der Waals surface area contributed by atoms with E-state index in [1.807, 2.05) is 22.7 Å². The third-order valence-corrected chi connectivity index (χ3v) is 15.0. The third-order valence-electron chi connectivity index (χ3n) is 12.7. The minimum Gasteiger partial charge on any atom is -0.310 e. The molecular weight excluding hydrogens is 739 g/mol. The minimum absolute atomic E-state index is 0.461. The first-order valence-electron chi connectivity index (χ1n) is 19.9. The number of hydrogen-bond acceptors (Lipinski definition) is 3. The zero-order chi connectivity index (χ0) is 38.0. The van der Waals surface area contributed by atoms with Gasteiger partial charge < -0.3 is 4.90 Å². The Morgan fingerprint density at radius 3 is 1.53 bits per heavy atom. The van der Waals surface area contributed by atoms with Crippen LogP contribution in [-0.4, -0.2) is 0 Å². The van der Waals surface area contributed by atoms with Gasteiger partial charge >= 0.3 is 0 Å². The summed E-state index contributed by atoms with van der Waals surface area (Å²) in [4.78, 5) is 2.51. The van der Waals surface area contributed by atoms with Gasteiger partial charge in [0, 0.05) is 57.3 Å². The van der Waals surface area contributed by atoms with Crippen molar-refractivity contribution < 1.29 is 0 Å². The molecular formula is C55H33NS2. The molecule has 0 fully saturated rings. The van der Waals surface area contributed by atoms with E-state index in [2.05, 4.69) is 205 Å². The van der Waals surface area contributed by atoms with Crippen LogP contribution in [0.3, 0.4) is 0 Å². The molecule has 0 atom stereocenters. The molecule has 2 aliphatic rings. The molecule has 0 aliphatic heterocycles. The summed E-state index contributed by atoms with van der Waals surface area (Å²) in [5, 5.41) is 5.23. The number of fused-ring (bicyclic) bond motifs is 16. The van der Waals surface area contributed by atoms with Crippen LogP contribution in [0.25, 0.3) is 73.7 Å². The summed E-state index contributed by atoms with van der Waals surface area (Å²) in [5.41, 5.74) is 16.0. The van der Waals surface area contributed by atoms with Gasteiger partial charge in [0.1, 0.15) is 0 Å². The van der Waals surface area contributed by atoms with E-state index in [-0.39, 0.29) is 0 Å². The highest BCUT2D eigenvalue weighted by Gasteiger charge is 2.52. The number of nitrogens with zero attached hydrogens (tertiary/aromatic N) is 1. The maximum Gasteiger partial charge on any atom is 0.0726 e. The highest BCUT2D eigenvalue weighted by molar-refractivity contribution is 7.26. The Kier molecular flexibility index (Phi) is 6.75. The lowest BCUT2D eigenvalue weighted by Crippen LogP contribution is -2.26. The zero-order valence-corrected chi connectivity index (χ0v) is 32.9. The van der Waals surface area contributed by atoms with E-state index < -0.39 is 5.41 Å². The van der Waals surface area contributed by atoms with Crippen molar-refractivity contribution in [2.24, 2.45) is 0 Å². The first kappa shape index (κ1) is 32.3. The van der Waals surface area contributed by atoms with E-state index in [9.17, 15) is 0 Å². The normalized spacial score (nSPS) is 13.3. The number of thiophene rings is 2. The summed E-state index contributed by atoms with van der Waals surface area (Å²) in [5.74, 6) is 0. The van der Waals surface area contributed by atoms with Gasteiger partial charge in [0.2, 0.25) is 0 Å². The van der Waals surface area contributed by atoms with E-state index in [0.717, 1.165) is 11.4 Å². The Morgan fingerprint density at radius 1 is 0.310 bits per heavy atom. The molecule has 0 amide bonds. The molecule has 2 heterocycles. The lowest BCUT2D eigenvalue weighted by Gasteiger charge is -2.33. The second-order valence-electron chi connectivity index (χ2n) is 15.6.